The zero-order valence-electron chi connectivity index (χ0n) is 12.1. The number of benzene rings is 1. The number of hydrogen-bond donors (Lipinski definition) is 0. The predicted molar refractivity (Wildman–Crippen MR) is 80.6 cm³/mol. The summed E-state index contributed by atoms with van der Waals surface area (Å²) < 4.78 is 11.2. The first-order valence-electron chi connectivity index (χ1n) is 6.97. The van der Waals surface area contributed by atoms with E-state index in [4.69, 9.17) is 9.47 Å². The molecule has 1 aliphatic heterocycles. The molecule has 0 N–H and O–H groups in total. The minimum Gasteiger partial charge on any atom is -0.493 e. The zero-order chi connectivity index (χ0) is 14.8. The lowest BCUT2D eigenvalue weighted by Gasteiger charge is -2.17. The molecule has 1 heterocycles. The summed E-state index contributed by atoms with van der Waals surface area (Å²) in [5, 5.41) is 0. The highest BCUT2D eigenvalue weighted by Gasteiger charge is 2.14. The van der Waals surface area contributed by atoms with Gasteiger partial charge in [-0.3, -0.25) is 4.79 Å². The molecule has 3 heteroatoms. The Morgan fingerprint density at radius 3 is 2.55 bits per heavy atom. The number of carbonyl (C=O) groups excluding carboxylic acids is 1. The van der Waals surface area contributed by atoms with Gasteiger partial charge >= 0.3 is 0 Å². The lowest BCUT2D eigenvalue weighted by atomic mass is 10.0. The van der Waals surface area contributed by atoms with Crippen LogP contribution in [0.15, 0.2) is 12.1 Å². The SMILES string of the molecule is C#C.COc1cc(C=O)cc2c1OCCCCCCC2. The van der Waals surface area contributed by atoms with Gasteiger partial charge < -0.3 is 9.47 Å². The second-order valence-electron chi connectivity index (χ2n) is 4.70. The van der Waals surface area contributed by atoms with Gasteiger partial charge in [-0.05, 0) is 37.0 Å². The van der Waals surface area contributed by atoms with E-state index >= 15 is 0 Å². The van der Waals surface area contributed by atoms with Crippen LogP contribution in [0.25, 0.3) is 0 Å². The predicted octanol–water partition coefficient (Wildman–Crippen LogP) is 3.64. The molecule has 0 bridgehead atoms. The second kappa shape index (κ2) is 9.03. The number of aryl methyl sites for hydroxylation is 1. The highest BCUT2D eigenvalue weighted by Crippen LogP contribution is 2.34. The largest absolute Gasteiger partial charge is 0.493 e. The van der Waals surface area contributed by atoms with Crippen LogP contribution in [0.5, 0.6) is 11.5 Å². The van der Waals surface area contributed by atoms with Crippen LogP contribution in [0, 0.1) is 12.8 Å². The van der Waals surface area contributed by atoms with Crippen molar-refractivity contribution in [2.75, 3.05) is 13.7 Å². The van der Waals surface area contributed by atoms with Crippen molar-refractivity contribution < 1.29 is 14.3 Å². The Labute approximate surface area is 121 Å². The van der Waals surface area contributed by atoms with Crippen molar-refractivity contribution >= 4 is 6.29 Å². The van der Waals surface area contributed by atoms with Crippen molar-refractivity contribution in [3.05, 3.63) is 23.3 Å². The van der Waals surface area contributed by atoms with E-state index in [2.05, 4.69) is 12.8 Å². The van der Waals surface area contributed by atoms with E-state index in [9.17, 15) is 4.79 Å². The molecule has 0 saturated heterocycles. The van der Waals surface area contributed by atoms with Gasteiger partial charge in [0.15, 0.2) is 11.5 Å². The number of terminal acetylenes is 1. The number of carbonyl (C=O) groups is 1. The molecule has 0 saturated carbocycles. The van der Waals surface area contributed by atoms with Crippen LogP contribution in [0.3, 0.4) is 0 Å². The maximum Gasteiger partial charge on any atom is 0.164 e. The fourth-order valence-corrected chi connectivity index (χ4v) is 2.37. The van der Waals surface area contributed by atoms with E-state index in [1.807, 2.05) is 6.07 Å². The Kier molecular flexibility index (Phi) is 7.27. The van der Waals surface area contributed by atoms with Crippen LogP contribution in [0.1, 0.15) is 48.0 Å². The first kappa shape index (κ1) is 16.1. The number of ether oxygens (including phenoxy) is 2. The topological polar surface area (TPSA) is 35.5 Å². The monoisotopic (exact) mass is 274 g/mol. The van der Waals surface area contributed by atoms with Crippen molar-refractivity contribution in [3.8, 4) is 24.3 Å². The standard InChI is InChI=1S/C15H20O3.C2H2/c1-17-14-10-12(11-16)9-13-7-5-3-2-4-6-8-18-15(13)14;1-2/h9-11H,2-8H2,1H3;1-2H. The normalized spacial score (nSPS) is 14.8. The van der Waals surface area contributed by atoms with Gasteiger partial charge in [0.25, 0.3) is 0 Å². The Bertz CT molecular complexity index is 449. The van der Waals surface area contributed by atoms with Crippen molar-refractivity contribution in [3.63, 3.8) is 0 Å². The average molecular weight is 274 g/mol. The average Bonchev–Trinajstić information content (AvgIpc) is 2.52. The molecule has 3 nitrogen and oxygen atoms in total. The minimum atomic E-state index is 0.659. The van der Waals surface area contributed by atoms with Crippen LogP contribution in [-0.2, 0) is 6.42 Å². The third-order valence-corrected chi connectivity index (χ3v) is 3.35. The van der Waals surface area contributed by atoms with Gasteiger partial charge in [0.1, 0.15) is 6.29 Å². The van der Waals surface area contributed by atoms with E-state index < -0.39 is 0 Å². The molecule has 0 unspecified atom stereocenters. The molecule has 1 aromatic carbocycles. The molecule has 0 amide bonds. The number of aldehydes is 1. The van der Waals surface area contributed by atoms with E-state index in [0.717, 1.165) is 43.5 Å². The zero-order valence-corrected chi connectivity index (χ0v) is 12.1. The lowest BCUT2D eigenvalue weighted by molar-refractivity contribution is 0.112. The summed E-state index contributed by atoms with van der Waals surface area (Å²) in [6, 6.07) is 3.67. The molecule has 0 aliphatic carbocycles. The summed E-state index contributed by atoms with van der Waals surface area (Å²) in [7, 11) is 1.62. The maximum atomic E-state index is 10.9. The highest BCUT2D eigenvalue weighted by atomic mass is 16.5. The quantitative estimate of drug-likeness (QED) is 0.610. The third-order valence-electron chi connectivity index (χ3n) is 3.35. The molecule has 0 aromatic heterocycles. The third kappa shape index (κ3) is 4.31. The highest BCUT2D eigenvalue weighted by molar-refractivity contribution is 5.77. The van der Waals surface area contributed by atoms with E-state index in [1.54, 1.807) is 13.2 Å². The van der Waals surface area contributed by atoms with Gasteiger partial charge in [-0.2, -0.15) is 0 Å². The van der Waals surface area contributed by atoms with Crippen LogP contribution < -0.4 is 9.47 Å². The number of fused-ring (bicyclic) bond motifs is 1. The first-order valence-corrected chi connectivity index (χ1v) is 6.97. The van der Waals surface area contributed by atoms with Crippen LogP contribution >= 0.6 is 0 Å². The summed E-state index contributed by atoms with van der Waals surface area (Å²) >= 11 is 0. The molecule has 1 aromatic rings. The molecule has 20 heavy (non-hydrogen) atoms. The summed E-state index contributed by atoms with van der Waals surface area (Å²) in [6.45, 7) is 0.726. The van der Waals surface area contributed by atoms with Gasteiger partial charge in [-0.25, -0.2) is 0 Å². The van der Waals surface area contributed by atoms with Crippen molar-refractivity contribution in [1.82, 2.24) is 0 Å². The Morgan fingerprint density at radius 2 is 1.85 bits per heavy atom. The van der Waals surface area contributed by atoms with Gasteiger partial charge in [-0.15, -0.1) is 12.8 Å². The Morgan fingerprint density at radius 1 is 1.15 bits per heavy atom. The molecule has 0 spiro atoms. The summed E-state index contributed by atoms with van der Waals surface area (Å²) in [6.07, 6.45) is 15.8. The van der Waals surface area contributed by atoms with Crippen LogP contribution in [-0.4, -0.2) is 20.0 Å². The van der Waals surface area contributed by atoms with Crippen molar-refractivity contribution in [1.29, 1.82) is 0 Å². The van der Waals surface area contributed by atoms with E-state index in [0.29, 0.717) is 11.3 Å². The first-order chi connectivity index (χ1) is 9.85. The number of methoxy groups -OCH3 is 1. The Hall–Kier alpha value is -1.95. The van der Waals surface area contributed by atoms with E-state index in [1.165, 1.54) is 19.3 Å². The van der Waals surface area contributed by atoms with Crippen LogP contribution in [0.2, 0.25) is 0 Å². The summed E-state index contributed by atoms with van der Waals surface area (Å²) in [4.78, 5) is 10.9. The molecule has 2 rings (SSSR count). The van der Waals surface area contributed by atoms with E-state index in [-0.39, 0.29) is 0 Å². The molecule has 108 valence electrons. The Balaban J connectivity index is 0.000000956. The van der Waals surface area contributed by atoms with Gasteiger partial charge in [0.2, 0.25) is 0 Å². The molecule has 1 aliphatic rings. The molecule has 0 fully saturated rings. The molecular formula is C17H22O3. The molecule has 0 radical (unpaired) electrons. The van der Waals surface area contributed by atoms with Gasteiger partial charge in [-0.1, -0.05) is 19.3 Å². The smallest absolute Gasteiger partial charge is 0.164 e. The van der Waals surface area contributed by atoms with Gasteiger partial charge in [0, 0.05) is 5.56 Å². The van der Waals surface area contributed by atoms with Crippen molar-refractivity contribution in [2.45, 2.75) is 38.5 Å². The number of hydrogen-bond acceptors (Lipinski definition) is 3. The van der Waals surface area contributed by atoms with Crippen LogP contribution in [0.4, 0.5) is 0 Å². The summed E-state index contributed by atoms with van der Waals surface area (Å²) in [5.41, 5.74) is 1.75. The van der Waals surface area contributed by atoms with Crippen molar-refractivity contribution in [2.24, 2.45) is 0 Å². The fourth-order valence-electron chi connectivity index (χ4n) is 2.37. The fraction of sp³-hybridized carbons (Fsp3) is 0.471. The lowest BCUT2D eigenvalue weighted by Crippen LogP contribution is -2.05. The summed E-state index contributed by atoms with van der Waals surface area (Å²) in [5.74, 6) is 1.50. The maximum absolute atomic E-state index is 10.9. The molecular weight excluding hydrogens is 252 g/mol. The second-order valence-corrected chi connectivity index (χ2v) is 4.70. The minimum absolute atomic E-state index is 0.659. The molecule has 0 atom stereocenters. The van der Waals surface area contributed by atoms with Gasteiger partial charge in [0.05, 0.1) is 13.7 Å². The number of rotatable bonds is 2.